The van der Waals surface area contributed by atoms with Crippen molar-refractivity contribution in [2.75, 3.05) is 13.1 Å². The molecule has 0 aromatic heterocycles. The van der Waals surface area contributed by atoms with Crippen molar-refractivity contribution < 1.29 is 9.59 Å². The highest BCUT2D eigenvalue weighted by Gasteiger charge is 2.27. The highest BCUT2D eigenvalue weighted by atomic mass is 16.2. The van der Waals surface area contributed by atoms with E-state index in [1.54, 1.807) is 0 Å². The van der Waals surface area contributed by atoms with Crippen LogP contribution in [0.5, 0.6) is 0 Å². The molecule has 2 amide bonds. The Morgan fingerprint density at radius 3 is 2.32 bits per heavy atom. The summed E-state index contributed by atoms with van der Waals surface area (Å²) in [5, 5.41) is 3.23. The molecule has 1 N–H and O–H groups in total. The molecule has 0 unspecified atom stereocenters. The molecule has 2 aliphatic rings. The molecule has 1 aromatic carbocycles. The van der Waals surface area contributed by atoms with E-state index in [1.165, 1.54) is 24.8 Å². The molecule has 3 rings (SSSR count). The molecule has 0 bridgehead atoms. The van der Waals surface area contributed by atoms with Crippen molar-refractivity contribution in [3.8, 4) is 0 Å². The van der Waals surface area contributed by atoms with Crippen LogP contribution in [0.25, 0.3) is 0 Å². The molecule has 1 aromatic rings. The number of amides is 2. The second-order valence-corrected chi connectivity index (χ2v) is 7.48. The summed E-state index contributed by atoms with van der Waals surface area (Å²) in [6.07, 6.45) is 8.88. The highest BCUT2D eigenvalue weighted by molar-refractivity contribution is 5.79. The number of piperidine rings is 1. The molecule has 1 aliphatic carbocycles. The maximum atomic E-state index is 12.4. The van der Waals surface area contributed by atoms with Crippen LogP contribution >= 0.6 is 0 Å². The van der Waals surface area contributed by atoms with E-state index in [0.29, 0.717) is 6.42 Å². The monoisotopic (exact) mass is 342 g/mol. The Labute approximate surface area is 151 Å². The van der Waals surface area contributed by atoms with Gasteiger partial charge in [-0.15, -0.1) is 0 Å². The summed E-state index contributed by atoms with van der Waals surface area (Å²) < 4.78 is 0. The first-order chi connectivity index (χ1) is 12.2. The first-order valence-electron chi connectivity index (χ1n) is 9.84. The molecule has 1 saturated heterocycles. The van der Waals surface area contributed by atoms with Crippen molar-refractivity contribution in [3.63, 3.8) is 0 Å². The third kappa shape index (κ3) is 5.32. The van der Waals surface area contributed by atoms with Gasteiger partial charge in [0.15, 0.2) is 0 Å². The van der Waals surface area contributed by atoms with Crippen molar-refractivity contribution in [2.24, 2.45) is 5.92 Å². The summed E-state index contributed by atoms with van der Waals surface area (Å²) in [7, 11) is 0. The molecule has 0 atom stereocenters. The zero-order valence-electron chi connectivity index (χ0n) is 15.1. The van der Waals surface area contributed by atoms with Crippen LogP contribution < -0.4 is 5.32 Å². The van der Waals surface area contributed by atoms with E-state index in [0.717, 1.165) is 45.2 Å². The summed E-state index contributed by atoms with van der Waals surface area (Å²) in [4.78, 5) is 26.7. The van der Waals surface area contributed by atoms with Gasteiger partial charge in [0.1, 0.15) is 0 Å². The number of hydrogen-bond donors (Lipinski definition) is 1. The average Bonchev–Trinajstić information content (AvgIpc) is 2.68. The molecule has 136 valence electrons. The Morgan fingerprint density at radius 2 is 1.64 bits per heavy atom. The number of carbonyl (C=O) groups is 2. The van der Waals surface area contributed by atoms with E-state index in [1.807, 2.05) is 23.1 Å². The van der Waals surface area contributed by atoms with Crippen LogP contribution in [0.15, 0.2) is 30.3 Å². The zero-order chi connectivity index (χ0) is 17.5. The van der Waals surface area contributed by atoms with Gasteiger partial charge in [0, 0.05) is 31.5 Å². The fraction of sp³-hybridized carbons (Fsp3) is 0.619. The standard InChI is InChI=1S/C21H30N2O2/c24-20(12-11-17-7-3-1-4-8-17)23-15-13-19(14-16-23)22-21(25)18-9-5-2-6-10-18/h1,3-4,7-8,18-19H,2,5-6,9-16H2,(H,22,25). The van der Waals surface area contributed by atoms with Crippen molar-refractivity contribution in [2.45, 2.75) is 63.8 Å². The molecule has 0 spiro atoms. The van der Waals surface area contributed by atoms with E-state index >= 15 is 0 Å². The van der Waals surface area contributed by atoms with Gasteiger partial charge in [-0.25, -0.2) is 0 Å². The van der Waals surface area contributed by atoms with Gasteiger partial charge in [0.05, 0.1) is 0 Å². The molecule has 2 fully saturated rings. The van der Waals surface area contributed by atoms with Crippen LogP contribution in [0.3, 0.4) is 0 Å². The predicted molar refractivity (Wildman–Crippen MR) is 99.1 cm³/mol. The minimum absolute atomic E-state index is 0.222. The fourth-order valence-corrected chi connectivity index (χ4v) is 4.01. The van der Waals surface area contributed by atoms with E-state index < -0.39 is 0 Å². The summed E-state index contributed by atoms with van der Waals surface area (Å²) in [5.74, 6) is 0.703. The molecular weight excluding hydrogens is 312 g/mol. The largest absolute Gasteiger partial charge is 0.353 e. The SMILES string of the molecule is O=C(NC1CCN(C(=O)CCc2ccccc2)CC1)C1CCCCC1. The number of aryl methyl sites for hydroxylation is 1. The van der Waals surface area contributed by atoms with Crippen LogP contribution in [-0.2, 0) is 16.0 Å². The van der Waals surface area contributed by atoms with Crippen LogP contribution in [0.2, 0.25) is 0 Å². The van der Waals surface area contributed by atoms with E-state index in [-0.39, 0.29) is 23.8 Å². The summed E-state index contributed by atoms with van der Waals surface area (Å²) in [6.45, 7) is 1.53. The van der Waals surface area contributed by atoms with Gasteiger partial charge in [0.2, 0.25) is 11.8 Å². The molecular formula is C21H30N2O2. The molecule has 1 aliphatic heterocycles. The topological polar surface area (TPSA) is 49.4 Å². The Balaban J connectivity index is 1.37. The molecule has 1 saturated carbocycles. The smallest absolute Gasteiger partial charge is 0.223 e. The minimum atomic E-state index is 0.222. The molecule has 25 heavy (non-hydrogen) atoms. The number of rotatable bonds is 5. The fourth-order valence-electron chi connectivity index (χ4n) is 4.01. The number of nitrogens with one attached hydrogen (secondary N) is 1. The Kier molecular flexibility index (Phi) is 6.48. The Morgan fingerprint density at radius 1 is 0.960 bits per heavy atom. The van der Waals surface area contributed by atoms with Gasteiger partial charge >= 0.3 is 0 Å². The summed E-state index contributed by atoms with van der Waals surface area (Å²) in [6, 6.07) is 10.4. The normalized spacial score (nSPS) is 19.6. The first-order valence-corrected chi connectivity index (χ1v) is 9.84. The van der Waals surface area contributed by atoms with Crippen LogP contribution in [0.1, 0.15) is 56.9 Å². The molecule has 4 heteroatoms. The van der Waals surface area contributed by atoms with Crippen molar-refractivity contribution in [3.05, 3.63) is 35.9 Å². The van der Waals surface area contributed by atoms with Crippen LogP contribution in [0.4, 0.5) is 0 Å². The summed E-state index contributed by atoms with van der Waals surface area (Å²) in [5.41, 5.74) is 1.21. The van der Waals surface area contributed by atoms with Gasteiger partial charge in [-0.2, -0.15) is 0 Å². The number of benzene rings is 1. The number of nitrogens with zero attached hydrogens (tertiary/aromatic N) is 1. The lowest BCUT2D eigenvalue weighted by molar-refractivity contribution is -0.132. The third-order valence-electron chi connectivity index (χ3n) is 5.64. The maximum Gasteiger partial charge on any atom is 0.223 e. The first kappa shape index (κ1) is 18.0. The number of hydrogen-bond acceptors (Lipinski definition) is 2. The van der Waals surface area contributed by atoms with Gasteiger partial charge in [-0.05, 0) is 37.7 Å². The number of likely N-dealkylation sites (tertiary alicyclic amines) is 1. The van der Waals surface area contributed by atoms with Gasteiger partial charge in [0.25, 0.3) is 0 Å². The average molecular weight is 342 g/mol. The maximum absolute atomic E-state index is 12.4. The molecule has 1 heterocycles. The lowest BCUT2D eigenvalue weighted by Gasteiger charge is -2.33. The minimum Gasteiger partial charge on any atom is -0.353 e. The predicted octanol–water partition coefficient (Wildman–Crippen LogP) is 3.31. The summed E-state index contributed by atoms with van der Waals surface area (Å²) >= 11 is 0. The Hall–Kier alpha value is -1.84. The third-order valence-corrected chi connectivity index (χ3v) is 5.64. The van der Waals surface area contributed by atoms with E-state index in [4.69, 9.17) is 0 Å². The van der Waals surface area contributed by atoms with E-state index in [2.05, 4.69) is 17.4 Å². The highest BCUT2D eigenvalue weighted by Crippen LogP contribution is 2.24. The van der Waals surface area contributed by atoms with Crippen molar-refractivity contribution in [1.29, 1.82) is 0 Å². The lowest BCUT2D eigenvalue weighted by atomic mass is 9.88. The van der Waals surface area contributed by atoms with Gasteiger partial charge in [-0.3, -0.25) is 9.59 Å². The number of carbonyl (C=O) groups excluding carboxylic acids is 2. The van der Waals surface area contributed by atoms with Crippen LogP contribution in [0, 0.1) is 5.92 Å². The quantitative estimate of drug-likeness (QED) is 0.892. The second-order valence-electron chi connectivity index (χ2n) is 7.48. The second kappa shape index (κ2) is 9.02. The van der Waals surface area contributed by atoms with Crippen LogP contribution in [-0.4, -0.2) is 35.8 Å². The zero-order valence-corrected chi connectivity index (χ0v) is 15.1. The Bertz CT molecular complexity index is 559. The van der Waals surface area contributed by atoms with Crippen molar-refractivity contribution in [1.82, 2.24) is 10.2 Å². The van der Waals surface area contributed by atoms with Crippen molar-refractivity contribution >= 4 is 11.8 Å². The van der Waals surface area contributed by atoms with E-state index in [9.17, 15) is 9.59 Å². The lowest BCUT2D eigenvalue weighted by Crippen LogP contribution is -2.48. The van der Waals surface area contributed by atoms with Gasteiger partial charge < -0.3 is 10.2 Å². The molecule has 0 radical (unpaired) electrons. The molecule has 4 nitrogen and oxygen atoms in total. The van der Waals surface area contributed by atoms with Gasteiger partial charge in [-0.1, -0.05) is 49.6 Å².